The van der Waals surface area contributed by atoms with Crippen LogP contribution in [0.5, 0.6) is 40.2 Å². The van der Waals surface area contributed by atoms with Crippen molar-refractivity contribution >= 4 is 46.9 Å². The second-order valence-electron chi connectivity index (χ2n) is 37.6. The minimum Gasteiger partial charge on any atom is -0.488 e. The lowest BCUT2D eigenvalue weighted by atomic mass is 10.0. The molecule has 8 aromatic rings. The van der Waals surface area contributed by atoms with E-state index in [0.29, 0.717) is 97.5 Å². The maximum atomic E-state index is 14.4. The van der Waals surface area contributed by atoms with Crippen LogP contribution in [0.1, 0.15) is 264 Å². The molecule has 0 aliphatic heterocycles. The average molecular weight is 1610 g/mol. The number of hydrogen-bond acceptors (Lipinski definition) is 8. The van der Waals surface area contributed by atoms with E-state index in [0.717, 1.165) is 77.1 Å². The van der Waals surface area contributed by atoms with Crippen LogP contribution in [-0.2, 0) is 45.6 Å². The summed E-state index contributed by atoms with van der Waals surface area (Å²) in [5.74, 6) is -0.335. The molecule has 7 aromatic carbocycles. The first-order valence-electron chi connectivity index (χ1n) is 40.2. The molecule has 9 nitrogen and oxygen atoms in total. The van der Waals surface area contributed by atoms with Gasteiger partial charge in [0, 0.05) is 51.9 Å². The Morgan fingerprint density at radius 1 is 0.427 bits per heavy atom. The Kier molecular flexibility index (Phi) is 28.9. The molecule has 1 aromatic heterocycles. The normalized spacial score (nSPS) is 14.0. The summed E-state index contributed by atoms with van der Waals surface area (Å²) in [6.45, 7) is 52.1. The summed E-state index contributed by atoms with van der Waals surface area (Å²) in [5.41, 5.74) is 13.7. The van der Waals surface area contributed by atoms with Gasteiger partial charge in [-0.2, -0.15) is 5.26 Å². The van der Waals surface area contributed by atoms with E-state index in [2.05, 4.69) is 52.0 Å². The third kappa shape index (κ3) is 24.8. The van der Waals surface area contributed by atoms with E-state index in [1.165, 1.54) is 28.3 Å². The first-order valence-corrected chi connectivity index (χ1v) is 40.2. The van der Waals surface area contributed by atoms with Gasteiger partial charge in [0.15, 0.2) is 69.5 Å². The molecular formula is C100H120F8N2O7. The molecule has 1 heterocycles. The molecule has 628 valence electrons. The van der Waals surface area contributed by atoms with E-state index >= 15 is 0 Å². The zero-order valence-corrected chi connectivity index (χ0v) is 73.9. The van der Waals surface area contributed by atoms with Gasteiger partial charge in [0.1, 0.15) is 68.2 Å². The zero-order chi connectivity index (χ0) is 87.3. The Labute approximate surface area is 690 Å². The van der Waals surface area contributed by atoms with Gasteiger partial charge < -0.3 is 37.7 Å². The van der Waals surface area contributed by atoms with Crippen molar-refractivity contribution in [3.63, 3.8) is 0 Å². The molecule has 17 heteroatoms. The molecule has 0 N–H and O–H groups in total. The van der Waals surface area contributed by atoms with Crippen molar-refractivity contribution in [3.8, 4) is 46.3 Å². The average Bonchev–Trinajstić information content (AvgIpc) is 1.66. The van der Waals surface area contributed by atoms with Crippen LogP contribution in [0.4, 0.5) is 35.1 Å². The highest BCUT2D eigenvalue weighted by molar-refractivity contribution is 5.84. The molecule has 0 bridgehead atoms. The molecule has 6 aliphatic carbocycles. The van der Waals surface area contributed by atoms with Crippen LogP contribution in [0.25, 0.3) is 46.9 Å². The monoisotopic (exact) mass is 1610 g/mol. The van der Waals surface area contributed by atoms with Crippen molar-refractivity contribution < 1.29 is 68.3 Å². The van der Waals surface area contributed by atoms with Crippen LogP contribution >= 0.6 is 0 Å². The van der Waals surface area contributed by atoms with E-state index in [9.17, 15) is 40.4 Å². The third-order valence-electron chi connectivity index (χ3n) is 18.8. The van der Waals surface area contributed by atoms with E-state index in [1.54, 1.807) is 91.0 Å². The number of nitriles is 1. The quantitative estimate of drug-likeness (QED) is 0.132. The van der Waals surface area contributed by atoms with Crippen LogP contribution in [0.3, 0.4) is 0 Å². The highest BCUT2D eigenvalue weighted by Crippen LogP contribution is 2.42. The summed E-state index contributed by atoms with van der Waals surface area (Å²) in [4.78, 5) is 0. The van der Waals surface area contributed by atoms with Gasteiger partial charge in [0.25, 0.3) is 0 Å². The number of hydrogen-bond donors (Lipinski definition) is 0. The number of aromatic nitrogens is 1. The van der Waals surface area contributed by atoms with E-state index in [4.69, 9.17) is 33.2 Å². The molecule has 0 fully saturated rings. The van der Waals surface area contributed by atoms with Crippen molar-refractivity contribution in [2.24, 2.45) is 13.0 Å². The molecule has 0 unspecified atom stereocenters. The molecule has 0 saturated carbocycles. The number of ether oxygens (including phenoxy) is 7. The van der Waals surface area contributed by atoms with Gasteiger partial charge in [-0.25, -0.2) is 35.1 Å². The predicted molar refractivity (Wildman–Crippen MR) is 462 cm³/mol. The fourth-order valence-electron chi connectivity index (χ4n) is 13.7. The summed E-state index contributed by atoms with van der Waals surface area (Å²) >= 11 is 0. The summed E-state index contributed by atoms with van der Waals surface area (Å²) in [7, 11) is 1.87. The maximum absolute atomic E-state index is 14.4. The minimum absolute atomic E-state index is 0.0182. The zero-order valence-electron chi connectivity index (χ0n) is 73.9. The Hall–Kier alpha value is -9.95. The van der Waals surface area contributed by atoms with Crippen molar-refractivity contribution in [1.29, 1.82) is 5.26 Å². The Bertz CT molecular complexity index is 5240. The second-order valence-corrected chi connectivity index (χ2v) is 37.6. The highest BCUT2D eigenvalue weighted by Gasteiger charge is 2.30. The molecule has 0 saturated heterocycles. The SMILES string of the molecule is CC(C)(C)Oc1c(F)cc2c(c1F)C=CC2.CC(C)(C)Oc1cc(F)c2c(c1F)C=CC2.CC(C)C1=Cc2c(ccc(OC(C)(C)C)c2F)C1.CC1=CCc2ccc(OC(C)(C)C)c(F)c21.CC1=Cc2c(ccc(OC(C)(C)C)c2C#N)C1.CCC1=Cc2c(ccc(OC(C)(C)C)c2F)C1.Cc1c(F)c2cc(OC(C)(C)C)ccc2n1C. The largest absolute Gasteiger partial charge is 0.488 e. The fourth-order valence-corrected chi connectivity index (χ4v) is 13.7. The van der Waals surface area contributed by atoms with Gasteiger partial charge in [-0.15, -0.1) is 0 Å². The second kappa shape index (κ2) is 36.5. The molecule has 6 aliphatic rings. The van der Waals surface area contributed by atoms with Crippen LogP contribution in [0.2, 0.25) is 0 Å². The van der Waals surface area contributed by atoms with Gasteiger partial charge in [0.05, 0.1) is 11.2 Å². The van der Waals surface area contributed by atoms with Crippen LogP contribution in [0.15, 0.2) is 114 Å². The van der Waals surface area contributed by atoms with E-state index in [1.807, 2.05) is 177 Å². The topological polar surface area (TPSA) is 93.3 Å². The lowest BCUT2D eigenvalue weighted by Crippen LogP contribution is -2.24. The van der Waals surface area contributed by atoms with Gasteiger partial charge in [-0.3, -0.25) is 0 Å². The molecule has 0 radical (unpaired) electrons. The molecular weight excluding hydrogens is 1490 g/mol. The number of nitrogens with zero attached hydrogens (tertiary/aromatic N) is 2. The Morgan fingerprint density at radius 3 is 1.43 bits per heavy atom. The summed E-state index contributed by atoms with van der Waals surface area (Å²) in [5, 5.41) is 9.92. The number of aryl methyl sites for hydroxylation is 1. The molecule has 117 heavy (non-hydrogen) atoms. The smallest absolute Gasteiger partial charge is 0.192 e. The van der Waals surface area contributed by atoms with Gasteiger partial charge in [-0.1, -0.05) is 110 Å². The third-order valence-corrected chi connectivity index (χ3v) is 18.8. The van der Waals surface area contributed by atoms with Gasteiger partial charge in [-0.05, 0) is 305 Å². The Morgan fingerprint density at radius 2 is 0.897 bits per heavy atom. The number of benzene rings is 7. The lowest BCUT2D eigenvalue weighted by Gasteiger charge is -2.22. The van der Waals surface area contributed by atoms with Crippen LogP contribution in [-0.4, -0.2) is 43.8 Å². The number of halogens is 8. The van der Waals surface area contributed by atoms with E-state index < -0.39 is 34.5 Å². The van der Waals surface area contributed by atoms with Crippen molar-refractivity contribution in [2.75, 3.05) is 0 Å². The van der Waals surface area contributed by atoms with Crippen molar-refractivity contribution in [2.45, 2.75) is 271 Å². The fraction of sp³-hybridized carbons (Fsp3) is 0.430. The molecule has 0 spiro atoms. The van der Waals surface area contributed by atoms with Crippen LogP contribution < -0.4 is 33.2 Å². The summed E-state index contributed by atoms with van der Waals surface area (Å²) in [6, 6.07) is 25.4. The van der Waals surface area contributed by atoms with Crippen molar-refractivity contribution in [3.05, 3.63) is 238 Å². The van der Waals surface area contributed by atoms with E-state index in [-0.39, 0.29) is 62.8 Å². The van der Waals surface area contributed by atoms with Crippen LogP contribution in [0, 0.1) is 70.7 Å². The maximum Gasteiger partial charge on any atom is 0.192 e. The molecule has 0 amide bonds. The summed E-state index contributed by atoms with van der Waals surface area (Å²) in [6.07, 6.45) is 20.4. The van der Waals surface area contributed by atoms with Crippen molar-refractivity contribution in [1.82, 2.24) is 4.57 Å². The molecule has 14 rings (SSSR count). The van der Waals surface area contributed by atoms with Gasteiger partial charge in [0.2, 0.25) is 0 Å². The molecule has 0 atom stereocenters. The minimum atomic E-state index is -0.630. The van der Waals surface area contributed by atoms with Gasteiger partial charge >= 0.3 is 0 Å². The number of rotatable bonds is 9. The first-order chi connectivity index (χ1) is 54.0. The predicted octanol–water partition coefficient (Wildman–Crippen LogP) is 27.8. The summed E-state index contributed by atoms with van der Waals surface area (Å²) < 4.78 is 153. The Balaban J connectivity index is 0.000000170. The standard InChI is InChI=1S/C16H21FO.C15H19FO.C15H17NO.C14H18FNO.C14H17FO.2C13H14F2O/c1-10(2)12-8-11-6-7-14(18-16(3,4)5)15(17)13(11)9-12;1-5-10-8-11-6-7-13(17-15(2,3)4)14(16)12(11)9-10;1-10-7-11-5-6-14(17-15(2,3)4)13(9-16)12(11)8-10;1-9-13(15)11-8-10(17-14(2,3)4)6-7-12(11)16(9)5;1-9-5-6-10-7-8-11(13(15)12(9)10)16-14(2,3)4;1-13(2,3)16-11-7-10(14)8-5-4-6-9(8)12(11)15;1-13(2,3)16-12-10(14)7-8-5-4-6-9(8)11(12)15/h6-7,9-10H,8H2,1-5H3;6-7,9H,5,8H2,1-4H3;5-6,8H,7H2,1-4H3;6-8H,1-5H3;5,7-8H,6H2,1-4H3;2*4,6-7H,5H2,1-3H3. The highest BCUT2D eigenvalue weighted by atomic mass is 19.2. The first kappa shape index (κ1) is 92.6. The number of allylic oxidation sites excluding steroid dienone is 7. The lowest BCUT2D eigenvalue weighted by molar-refractivity contribution is 0.117. The number of fused-ring (bicyclic) bond motifs is 7.